The molecule has 1 saturated carbocycles. The van der Waals surface area contributed by atoms with Gasteiger partial charge < -0.3 is 10.2 Å². The molecule has 0 atom stereocenters. The summed E-state index contributed by atoms with van der Waals surface area (Å²) >= 11 is 1.57. The van der Waals surface area contributed by atoms with Gasteiger partial charge in [-0.1, -0.05) is 25.7 Å². The van der Waals surface area contributed by atoms with Crippen molar-refractivity contribution >= 4 is 23.6 Å². The van der Waals surface area contributed by atoms with Crippen molar-refractivity contribution in [3.63, 3.8) is 0 Å². The number of hydrogen-bond donors (Lipinski definition) is 1. The molecule has 0 aromatic carbocycles. The first-order valence-corrected chi connectivity index (χ1v) is 8.03. The van der Waals surface area contributed by atoms with E-state index >= 15 is 0 Å². The van der Waals surface area contributed by atoms with Gasteiger partial charge in [0.05, 0.1) is 11.6 Å². The minimum absolute atomic E-state index is 0.0164. The Hall–Kier alpha value is -0.710. The molecule has 1 heterocycles. The average Bonchev–Trinajstić information content (AvgIpc) is 2.98. The van der Waals surface area contributed by atoms with E-state index in [-0.39, 0.29) is 18.4 Å². The van der Waals surface area contributed by atoms with Crippen molar-refractivity contribution in [2.24, 2.45) is 5.92 Å². The van der Waals surface area contributed by atoms with Gasteiger partial charge >= 0.3 is 0 Å². The lowest BCUT2D eigenvalue weighted by atomic mass is 10.0. The second-order valence-electron chi connectivity index (χ2n) is 5.21. The largest absolute Gasteiger partial charge is 0.355 e. The summed E-state index contributed by atoms with van der Waals surface area (Å²) in [6, 6.07) is 0. The summed E-state index contributed by atoms with van der Waals surface area (Å²) in [5.41, 5.74) is 0. The lowest BCUT2D eigenvalue weighted by Gasteiger charge is -2.14. The first-order chi connectivity index (χ1) is 8.75. The third kappa shape index (κ3) is 4.19. The Bertz CT molecular complexity index is 303. The maximum Gasteiger partial charge on any atom is 0.239 e. The molecule has 2 rings (SSSR count). The van der Waals surface area contributed by atoms with E-state index in [1.165, 1.54) is 32.1 Å². The molecule has 0 aromatic rings. The summed E-state index contributed by atoms with van der Waals surface area (Å²) < 4.78 is 0. The van der Waals surface area contributed by atoms with E-state index in [0.29, 0.717) is 11.6 Å². The first-order valence-electron chi connectivity index (χ1n) is 6.88. The lowest BCUT2D eigenvalue weighted by Crippen LogP contribution is -2.38. The predicted octanol–water partition coefficient (Wildman–Crippen LogP) is 1.61. The van der Waals surface area contributed by atoms with Gasteiger partial charge in [-0.3, -0.25) is 9.59 Å². The monoisotopic (exact) mass is 270 g/mol. The van der Waals surface area contributed by atoms with Crippen molar-refractivity contribution in [2.45, 2.75) is 38.5 Å². The highest BCUT2D eigenvalue weighted by molar-refractivity contribution is 8.00. The van der Waals surface area contributed by atoms with Crippen LogP contribution in [0.2, 0.25) is 0 Å². The van der Waals surface area contributed by atoms with Gasteiger partial charge in [0.15, 0.2) is 0 Å². The number of thioether (sulfide) groups is 1. The molecule has 1 saturated heterocycles. The van der Waals surface area contributed by atoms with Crippen LogP contribution >= 0.6 is 11.8 Å². The highest BCUT2D eigenvalue weighted by Crippen LogP contribution is 2.28. The molecule has 4 nitrogen and oxygen atoms in total. The average molecular weight is 270 g/mol. The molecular weight excluding hydrogens is 248 g/mol. The zero-order valence-electron chi connectivity index (χ0n) is 10.8. The van der Waals surface area contributed by atoms with Crippen LogP contribution in [0.25, 0.3) is 0 Å². The van der Waals surface area contributed by atoms with E-state index in [4.69, 9.17) is 0 Å². The van der Waals surface area contributed by atoms with Gasteiger partial charge in [0, 0.05) is 6.54 Å². The molecule has 0 bridgehead atoms. The normalized spacial score (nSPS) is 20.7. The summed E-state index contributed by atoms with van der Waals surface area (Å²) in [4.78, 5) is 24.6. The van der Waals surface area contributed by atoms with Gasteiger partial charge in [0.1, 0.15) is 6.54 Å². The highest BCUT2D eigenvalue weighted by atomic mass is 32.2. The van der Waals surface area contributed by atoms with E-state index in [1.54, 1.807) is 16.7 Å². The molecule has 0 spiro atoms. The third-order valence-corrected chi connectivity index (χ3v) is 4.69. The standard InChI is InChI=1S/C13H22N2O2S/c16-12(8-15-10-18-9-13(15)17)14-7-3-6-11-4-1-2-5-11/h11H,1-10H2,(H,14,16). The number of hydrogen-bond acceptors (Lipinski definition) is 3. The summed E-state index contributed by atoms with van der Waals surface area (Å²) in [6.45, 7) is 0.986. The van der Waals surface area contributed by atoms with Crippen LogP contribution in [0, 0.1) is 5.92 Å². The fourth-order valence-electron chi connectivity index (χ4n) is 2.69. The van der Waals surface area contributed by atoms with Gasteiger partial charge in [-0.05, 0) is 18.8 Å². The van der Waals surface area contributed by atoms with Crippen molar-refractivity contribution < 1.29 is 9.59 Å². The maximum atomic E-state index is 11.6. The van der Waals surface area contributed by atoms with Crippen molar-refractivity contribution in [1.82, 2.24) is 10.2 Å². The Morgan fingerprint density at radius 1 is 1.39 bits per heavy atom. The van der Waals surface area contributed by atoms with Crippen molar-refractivity contribution in [2.75, 3.05) is 24.7 Å². The predicted molar refractivity (Wildman–Crippen MR) is 73.2 cm³/mol. The van der Waals surface area contributed by atoms with Crippen LogP contribution < -0.4 is 5.32 Å². The number of carbonyl (C=O) groups excluding carboxylic acids is 2. The molecule has 2 aliphatic rings. The Morgan fingerprint density at radius 2 is 2.17 bits per heavy atom. The molecule has 0 radical (unpaired) electrons. The van der Waals surface area contributed by atoms with E-state index in [0.717, 1.165) is 18.9 Å². The van der Waals surface area contributed by atoms with E-state index in [2.05, 4.69) is 5.32 Å². The first kappa shape index (κ1) is 13.7. The van der Waals surface area contributed by atoms with Crippen molar-refractivity contribution in [1.29, 1.82) is 0 Å². The minimum Gasteiger partial charge on any atom is -0.355 e. The van der Waals surface area contributed by atoms with Gasteiger partial charge in [0.2, 0.25) is 11.8 Å². The van der Waals surface area contributed by atoms with E-state index < -0.39 is 0 Å². The Kier molecular flexibility index (Phi) is 5.35. The van der Waals surface area contributed by atoms with Gasteiger partial charge in [-0.2, -0.15) is 0 Å². The zero-order valence-corrected chi connectivity index (χ0v) is 11.6. The zero-order chi connectivity index (χ0) is 12.8. The van der Waals surface area contributed by atoms with Crippen LogP contribution in [0.15, 0.2) is 0 Å². The molecule has 1 aliphatic heterocycles. The molecule has 5 heteroatoms. The van der Waals surface area contributed by atoms with Gasteiger partial charge in [-0.25, -0.2) is 0 Å². The fourth-order valence-corrected chi connectivity index (χ4v) is 3.59. The topological polar surface area (TPSA) is 49.4 Å². The van der Waals surface area contributed by atoms with E-state index in [1.807, 2.05) is 0 Å². The molecule has 0 aromatic heterocycles. The summed E-state index contributed by atoms with van der Waals surface area (Å²) in [6.07, 6.45) is 7.80. The molecule has 102 valence electrons. The fraction of sp³-hybridized carbons (Fsp3) is 0.846. The Balaban J connectivity index is 1.53. The summed E-state index contributed by atoms with van der Waals surface area (Å²) in [5, 5.41) is 2.91. The van der Waals surface area contributed by atoms with Crippen LogP contribution in [-0.2, 0) is 9.59 Å². The SMILES string of the molecule is O=C(CN1CSCC1=O)NCCCC1CCCC1. The van der Waals surface area contributed by atoms with Gasteiger partial charge in [-0.15, -0.1) is 11.8 Å². The smallest absolute Gasteiger partial charge is 0.239 e. The minimum atomic E-state index is -0.0164. The molecule has 1 N–H and O–H groups in total. The molecule has 0 unspecified atom stereocenters. The maximum absolute atomic E-state index is 11.6. The lowest BCUT2D eigenvalue weighted by molar-refractivity contribution is -0.132. The second-order valence-corrected chi connectivity index (χ2v) is 6.17. The van der Waals surface area contributed by atoms with E-state index in [9.17, 15) is 9.59 Å². The Morgan fingerprint density at radius 3 is 2.83 bits per heavy atom. The summed E-state index contributed by atoms with van der Waals surface area (Å²) in [7, 11) is 0. The third-order valence-electron chi connectivity index (χ3n) is 3.75. The van der Waals surface area contributed by atoms with Crippen molar-refractivity contribution in [3.8, 4) is 0 Å². The molecule has 2 fully saturated rings. The molecule has 2 amide bonds. The Labute approximate surface area is 113 Å². The number of amides is 2. The number of nitrogens with one attached hydrogen (secondary N) is 1. The van der Waals surface area contributed by atoms with Gasteiger partial charge in [0.25, 0.3) is 0 Å². The quantitative estimate of drug-likeness (QED) is 0.746. The molecule has 18 heavy (non-hydrogen) atoms. The number of nitrogens with zero attached hydrogens (tertiary/aromatic N) is 1. The van der Waals surface area contributed by atoms with Crippen LogP contribution in [0.5, 0.6) is 0 Å². The van der Waals surface area contributed by atoms with Crippen molar-refractivity contribution in [3.05, 3.63) is 0 Å². The molecule has 1 aliphatic carbocycles. The highest BCUT2D eigenvalue weighted by Gasteiger charge is 2.22. The number of rotatable bonds is 6. The number of carbonyl (C=O) groups is 2. The van der Waals surface area contributed by atoms with Crippen LogP contribution in [0.1, 0.15) is 38.5 Å². The van der Waals surface area contributed by atoms with Crippen LogP contribution in [0.4, 0.5) is 0 Å². The summed E-state index contributed by atoms with van der Waals surface area (Å²) in [5.74, 6) is 2.14. The van der Waals surface area contributed by atoms with Crippen LogP contribution in [0.3, 0.4) is 0 Å². The second kappa shape index (κ2) is 7.02. The van der Waals surface area contributed by atoms with Crippen LogP contribution in [-0.4, -0.2) is 41.4 Å². The molecular formula is C13H22N2O2S.